The number of carbonyl (C=O) groups excluding carboxylic acids is 1. The topological polar surface area (TPSA) is 52.6 Å². The minimum absolute atomic E-state index is 0.0423. The van der Waals surface area contributed by atoms with Gasteiger partial charge < -0.3 is 15.3 Å². The summed E-state index contributed by atoms with van der Waals surface area (Å²) in [7, 11) is 3.92. The zero-order valence-corrected chi connectivity index (χ0v) is 16.8. The summed E-state index contributed by atoms with van der Waals surface area (Å²) in [5.41, 5.74) is 2.91. The number of carbonyl (C=O) groups is 1. The van der Waals surface area contributed by atoms with Crippen molar-refractivity contribution in [2.45, 2.75) is 17.1 Å². The summed E-state index contributed by atoms with van der Waals surface area (Å²) in [4.78, 5) is 14.5. The van der Waals surface area contributed by atoms with E-state index in [-0.39, 0.29) is 20.6 Å². The van der Waals surface area contributed by atoms with Crippen molar-refractivity contribution in [3.05, 3.63) is 71.8 Å². The van der Waals surface area contributed by atoms with Gasteiger partial charge in [-0.1, -0.05) is 42.5 Å². The van der Waals surface area contributed by atoms with Crippen LogP contribution in [0, 0.1) is 0 Å². The second-order valence-electron chi connectivity index (χ2n) is 7.23. The predicted molar refractivity (Wildman–Crippen MR) is 109 cm³/mol. The third kappa shape index (κ3) is 4.42. The fourth-order valence-electron chi connectivity index (χ4n) is 3.50. The number of phenolic OH excluding ortho intramolecular Hbond substituents is 1. The predicted octanol–water partition coefficient (Wildman–Crippen LogP) is 1.99. The molecule has 2 aromatic carbocycles. The number of hydrogen-bond acceptors (Lipinski definition) is 3. The highest BCUT2D eigenvalue weighted by molar-refractivity contribution is 6.57. The van der Waals surface area contributed by atoms with E-state index in [1.165, 1.54) is 5.56 Å². The molecule has 2 atom stereocenters. The Bertz CT molecular complexity index is 774. The number of nitrogens with one attached hydrogen (secondary N) is 1. The Labute approximate surface area is 157 Å². The van der Waals surface area contributed by atoms with Crippen LogP contribution in [0.25, 0.3) is 6.08 Å². The third-order valence-electron chi connectivity index (χ3n) is 5.30. The molecule has 0 aromatic heterocycles. The Morgan fingerprint density at radius 1 is 1.19 bits per heavy atom. The van der Waals surface area contributed by atoms with E-state index in [4.69, 9.17) is 0 Å². The van der Waals surface area contributed by atoms with Gasteiger partial charge in [-0.3, -0.25) is 4.79 Å². The van der Waals surface area contributed by atoms with Gasteiger partial charge in [0.05, 0.1) is 9.52 Å². The number of rotatable bonds is 7. The molecule has 0 spiro atoms. The Morgan fingerprint density at radius 3 is 2.54 bits per heavy atom. The minimum Gasteiger partial charge on any atom is -0.508 e. The first-order valence-corrected chi connectivity index (χ1v) is 10.5. The van der Waals surface area contributed by atoms with Gasteiger partial charge in [-0.25, -0.2) is 0 Å². The van der Waals surface area contributed by atoms with Gasteiger partial charge in [-0.15, -0.1) is 0 Å². The summed E-state index contributed by atoms with van der Waals surface area (Å²) in [5.74, 6) is 0.262. The number of amides is 1. The molecular weight excluding hydrogens is 340 g/mol. The van der Waals surface area contributed by atoms with E-state index in [0.29, 0.717) is 17.8 Å². The fourth-order valence-corrected chi connectivity index (χ4v) is 6.01. The zero-order chi connectivity index (χ0) is 18.6. The van der Waals surface area contributed by atoms with E-state index in [1.807, 2.05) is 48.5 Å². The van der Waals surface area contributed by atoms with Gasteiger partial charge in [0.15, 0.2) is 0 Å². The quantitative estimate of drug-likeness (QED) is 0.582. The molecule has 26 heavy (non-hydrogen) atoms. The lowest BCUT2D eigenvalue weighted by atomic mass is 10.0. The molecule has 1 unspecified atom stereocenters. The number of hydrogen-bond donors (Lipinski definition) is 2. The van der Waals surface area contributed by atoms with E-state index < -0.39 is 0 Å². The molecule has 2 N–H and O–H groups in total. The largest absolute Gasteiger partial charge is 0.508 e. The highest BCUT2D eigenvalue weighted by atomic mass is 28.2. The minimum atomic E-state index is -0.296. The van der Waals surface area contributed by atoms with Crippen molar-refractivity contribution in [3.8, 4) is 5.75 Å². The van der Waals surface area contributed by atoms with Gasteiger partial charge in [0.1, 0.15) is 5.75 Å². The Balaban J connectivity index is 1.55. The zero-order valence-electron chi connectivity index (χ0n) is 15.4. The number of phenols is 1. The van der Waals surface area contributed by atoms with Gasteiger partial charge >= 0.3 is 0 Å². The molecule has 4 nitrogen and oxygen atoms in total. The molecule has 0 saturated carbocycles. The molecule has 0 bridgehead atoms. The maximum atomic E-state index is 12.2. The van der Waals surface area contributed by atoms with Crippen LogP contribution in [0.1, 0.15) is 11.1 Å². The second kappa shape index (κ2) is 7.89. The molecule has 136 valence electrons. The van der Waals surface area contributed by atoms with Crippen LogP contribution < -0.4 is 5.32 Å². The maximum Gasteiger partial charge on any atom is 0.244 e. The van der Waals surface area contributed by atoms with Crippen molar-refractivity contribution in [1.82, 2.24) is 10.2 Å². The number of benzene rings is 2. The van der Waals surface area contributed by atoms with Crippen molar-refractivity contribution in [2.24, 2.45) is 0 Å². The van der Waals surface area contributed by atoms with Gasteiger partial charge in [0, 0.05) is 17.8 Å². The summed E-state index contributed by atoms with van der Waals surface area (Å²) in [6.45, 7) is 0.701. The first-order valence-electron chi connectivity index (χ1n) is 8.96. The lowest BCUT2D eigenvalue weighted by molar-refractivity contribution is -0.116. The summed E-state index contributed by atoms with van der Waals surface area (Å²) >= 11 is 0. The molecule has 1 fully saturated rings. The fraction of sp³-hybridized carbons (Fsp3) is 0.286. The van der Waals surface area contributed by atoms with Gasteiger partial charge in [-0.2, -0.15) is 0 Å². The lowest BCUT2D eigenvalue weighted by Crippen LogP contribution is -2.44. The molecule has 5 heteroatoms. The van der Waals surface area contributed by atoms with Crippen molar-refractivity contribution in [3.63, 3.8) is 0 Å². The van der Waals surface area contributed by atoms with Gasteiger partial charge in [0.25, 0.3) is 0 Å². The van der Waals surface area contributed by atoms with Crippen molar-refractivity contribution >= 4 is 21.5 Å². The summed E-state index contributed by atoms with van der Waals surface area (Å²) in [5, 5.41) is 12.7. The van der Waals surface area contributed by atoms with Gasteiger partial charge in [0.2, 0.25) is 5.91 Å². The monoisotopic (exact) mass is 366 g/mol. The number of nitrogens with zero attached hydrogens (tertiary/aromatic N) is 1. The molecule has 0 aliphatic carbocycles. The van der Waals surface area contributed by atoms with Gasteiger partial charge in [-0.05, 0) is 55.4 Å². The average molecular weight is 367 g/mol. The van der Waals surface area contributed by atoms with E-state index in [0.717, 1.165) is 12.0 Å². The summed E-state index contributed by atoms with van der Waals surface area (Å²) in [6, 6.07) is 17.3. The molecule has 1 amide bonds. The standard InChI is InChI=1S/C21H26N2O2Si/c1-23(2)21(19(26-21)14-17-8-11-18(24)12-9-17)15-22-20(25)13-10-16-6-4-3-5-7-16/h3-13,19,24H,14-15,26H2,1-2H3,(H,22,25)/b13-10+/t19?,21-/m1/s1. The molecule has 1 saturated heterocycles. The highest BCUT2D eigenvalue weighted by Gasteiger charge is 2.55. The van der Waals surface area contributed by atoms with E-state index in [1.54, 1.807) is 18.2 Å². The molecule has 1 heterocycles. The summed E-state index contributed by atoms with van der Waals surface area (Å²) in [6.07, 6.45) is 4.47. The van der Waals surface area contributed by atoms with Crippen LogP contribution in [-0.2, 0) is 11.2 Å². The van der Waals surface area contributed by atoms with E-state index >= 15 is 0 Å². The Kier molecular flexibility index (Phi) is 5.59. The van der Waals surface area contributed by atoms with Crippen LogP contribution in [0.4, 0.5) is 0 Å². The van der Waals surface area contributed by atoms with Crippen molar-refractivity contribution < 1.29 is 9.90 Å². The van der Waals surface area contributed by atoms with Crippen LogP contribution in [0.3, 0.4) is 0 Å². The Hall–Kier alpha value is -2.37. The molecule has 1 aliphatic heterocycles. The van der Waals surface area contributed by atoms with E-state index in [2.05, 4.69) is 24.3 Å². The lowest BCUT2D eigenvalue weighted by Gasteiger charge is -2.26. The Morgan fingerprint density at radius 2 is 1.88 bits per heavy atom. The molecule has 1 aliphatic rings. The van der Waals surface area contributed by atoms with Crippen LogP contribution in [0.15, 0.2) is 60.7 Å². The van der Waals surface area contributed by atoms with Crippen LogP contribution in [0.5, 0.6) is 5.75 Å². The van der Waals surface area contributed by atoms with Crippen LogP contribution in [0.2, 0.25) is 5.54 Å². The SMILES string of the molecule is CN(C)[C@]1(CNC(=O)/C=C/c2ccccc2)[SiH2]C1Cc1ccc(O)cc1. The molecule has 2 aromatic rings. The number of aromatic hydroxyl groups is 1. The average Bonchev–Trinajstić information content (AvgIpc) is 3.35. The molecule has 0 radical (unpaired) electrons. The molecular formula is C21H26N2O2Si. The molecule has 3 rings (SSSR count). The summed E-state index contributed by atoms with van der Waals surface area (Å²) < 4.78 is 0. The van der Waals surface area contributed by atoms with E-state index in [9.17, 15) is 9.90 Å². The van der Waals surface area contributed by atoms with Crippen LogP contribution in [-0.4, -0.2) is 51.2 Å². The van der Waals surface area contributed by atoms with Crippen molar-refractivity contribution in [1.29, 1.82) is 0 Å². The highest BCUT2D eigenvalue weighted by Crippen LogP contribution is 2.45. The maximum absolute atomic E-state index is 12.2. The first-order chi connectivity index (χ1) is 12.5. The normalized spacial score (nSPS) is 22.8. The first kappa shape index (κ1) is 18.4. The van der Waals surface area contributed by atoms with Crippen LogP contribution >= 0.6 is 0 Å². The second-order valence-corrected chi connectivity index (χ2v) is 9.85. The third-order valence-corrected chi connectivity index (χ3v) is 8.40. The van der Waals surface area contributed by atoms with Crippen molar-refractivity contribution in [2.75, 3.05) is 20.6 Å². The number of likely N-dealkylation sites (N-methyl/N-ethyl adjacent to an activating group) is 1. The smallest absolute Gasteiger partial charge is 0.244 e.